The van der Waals surface area contributed by atoms with Crippen LogP contribution < -0.4 is 10.6 Å². The van der Waals surface area contributed by atoms with Crippen molar-refractivity contribution in [3.63, 3.8) is 0 Å². The van der Waals surface area contributed by atoms with E-state index in [-0.39, 0.29) is 29.9 Å². The second-order valence-electron chi connectivity index (χ2n) is 5.45. The Morgan fingerprint density at radius 1 is 1.04 bits per heavy atom. The first-order chi connectivity index (χ1) is 12.6. The van der Waals surface area contributed by atoms with Crippen LogP contribution >= 0.6 is 0 Å². The van der Waals surface area contributed by atoms with Gasteiger partial charge in [-0.2, -0.15) is 0 Å². The van der Waals surface area contributed by atoms with E-state index in [1.165, 1.54) is 12.4 Å². The number of ketones is 1. The van der Waals surface area contributed by atoms with Crippen LogP contribution in [0.3, 0.4) is 0 Å². The minimum absolute atomic E-state index is 0.0255. The van der Waals surface area contributed by atoms with E-state index in [0.29, 0.717) is 11.1 Å². The normalized spacial score (nSPS) is 10.5. The molecule has 0 radical (unpaired) electrons. The topological polar surface area (TPSA) is 104 Å². The molecule has 26 heavy (non-hydrogen) atoms. The fourth-order valence-corrected chi connectivity index (χ4v) is 2.47. The van der Waals surface area contributed by atoms with Crippen molar-refractivity contribution in [3.8, 4) is 0 Å². The van der Waals surface area contributed by atoms with Crippen LogP contribution in [0.25, 0.3) is 10.9 Å². The maximum atomic E-state index is 13.8. The number of fused-ring (bicyclic) bond motifs is 1. The number of aromatic amines is 1. The first-order valence-corrected chi connectivity index (χ1v) is 7.84. The van der Waals surface area contributed by atoms with Gasteiger partial charge in [0, 0.05) is 30.2 Å². The average Bonchev–Trinajstić information content (AvgIpc) is 3.10. The molecule has 3 aromatic rings. The number of nitrogens with zero attached hydrogens (tertiary/aromatic N) is 1. The van der Waals surface area contributed by atoms with Gasteiger partial charge < -0.3 is 15.6 Å². The monoisotopic (exact) mass is 354 g/mol. The van der Waals surface area contributed by atoms with Crippen molar-refractivity contribution >= 4 is 28.5 Å². The summed E-state index contributed by atoms with van der Waals surface area (Å²) >= 11 is 0. The predicted octanol–water partition coefficient (Wildman–Crippen LogP) is 1.43. The number of carbonyl (C=O) groups excluding carboxylic acids is 3. The number of rotatable bonds is 6. The summed E-state index contributed by atoms with van der Waals surface area (Å²) in [7, 11) is 0. The Hall–Kier alpha value is -3.55. The Labute approximate surface area is 147 Å². The molecule has 0 unspecified atom stereocenters. The highest BCUT2D eigenvalue weighted by Gasteiger charge is 2.21. The van der Waals surface area contributed by atoms with Gasteiger partial charge in [0.1, 0.15) is 0 Å². The lowest BCUT2D eigenvalue weighted by Gasteiger charge is -2.06. The van der Waals surface area contributed by atoms with Gasteiger partial charge in [-0.1, -0.05) is 18.2 Å². The molecule has 2 aromatic heterocycles. The van der Waals surface area contributed by atoms with Gasteiger partial charge in [-0.3, -0.25) is 19.4 Å². The Morgan fingerprint density at radius 2 is 1.77 bits per heavy atom. The van der Waals surface area contributed by atoms with Gasteiger partial charge in [0.2, 0.25) is 0 Å². The van der Waals surface area contributed by atoms with Crippen LogP contribution in [0.4, 0.5) is 4.39 Å². The molecule has 0 aliphatic heterocycles. The van der Waals surface area contributed by atoms with Gasteiger partial charge in [0.25, 0.3) is 17.6 Å². The SMILES string of the molecule is O=C(NCCNC(=O)c1ccccc1)C(=O)c1c[nH]c2cncc(F)c12. The van der Waals surface area contributed by atoms with Gasteiger partial charge in [-0.25, -0.2) is 4.39 Å². The molecule has 132 valence electrons. The van der Waals surface area contributed by atoms with Crippen molar-refractivity contribution in [2.75, 3.05) is 13.1 Å². The third-order valence-electron chi connectivity index (χ3n) is 3.72. The number of nitrogens with one attached hydrogen (secondary N) is 3. The maximum Gasteiger partial charge on any atom is 0.292 e. The van der Waals surface area contributed by atoms with Gasteiger partial charge in [-0.15, -0.1) is 0 Å². The molecule has 0 aliphatic carbocycles. The van der Waals surface area contributed by atoms with Gasteiger partial charge >= 0.3 is 0 Å². The van der Waals surface area contributed by atoms with Crippen molar-refractivity contribution in [2.45, 2.75) is 0 Å². The Balaban J connectivity index is 1.55. The van der Waals surface area contributed by atoms with E-state index in [0.717, 1.165) is 6.20 Å². The van der Waals surface area contributed by atoms with E-state index >= 15 is 0 Å². The summed E-state index contributed by atoms with van der Waals surface area (Å²) in [5.41, 5.74) is 0.764. The summed E-state index contributed by atoms with van der Waals surface area (Å²) < 4.78 is 13.8. The molecule has 0 saturated heterocycles. The number of pyridine rings is 1. The molecular formula is C18H15FN4O3. The lowest BCUT2D eigenvalue weighted by molar-refractivity contribution is -0.116. The molecule has 3 rings (SSSR count). The van der Waals surface area contributed by atoms with Crippen LogP contribution in [0, 0.1) is 5.82 Å². The number of amides is 2. The maximum absolute atomic E-state index is 13.8. The highest BCUT2D eigenvalue weighted by molar-refractivity contribution is 6.44. The van der Waals surface area contributed by atoms with Crippen molar-refractivity contribution in [3.05, 3.63) is 65.9 Å². The quantitative estimate of drug-likeness (QED) is 0.354. The molecule has 2 heterocycles. The summed E-state index contributed by atoms with van der Waals surface area (Å²) in [4.78, 5) is 42.4. The van der Waals surface area contributed by atoms with E-state index in [9.17, 15) is 18.8 Å². The second-order valence-corrected chi connectivity index (χ2v) is 5.45. The molecular weight excluding hydrogens is 339 g/mol. The molecule has 0 bridgehead atoms. The van der Waals surface area contributed by atoms with E-state index in [1.54, 1.807) is 30.3 Å². The van der Waals surface area contributed by atoms with E-state index in [4.69, 9.17) is 0 Å². The molecule has 0 aliphatic rings. The van der Waals surface area contributed by atoms with E-state index in [2.05, 4.69) is 20.6 Å². The largest absolute Gasteiger partial charge is 0.359 e. The third-order valence-corrected chi connectivity index (χ3v) is 3.72. The van der Waals surface area contributed by atoms with Crippen LogP contribution in [-0.2, 0) is 4.79 Å². The van der Waals surface area contributed by atoms with Crippen LogP contribution in [-0.4, -0.2) is 40.7 Å². The van der Waals surface area contributed by atoms with Crippen molar-refractivity contribution in [1.29, 1.82) is 0 Å². The standard InChI is InChI=1S/C18H15FN4O3/c19-13-9-20-10-14-15(13)12(8-23-14)16(24)18(26)22-7-6-21-17(25)11-4-2-1-3-5-11/h1-5,8-10,23H,6-7H2,(H,21,25)(H,22,26). The zero-order valence-corrected chi connectivity index (χ0v) is 13.6. The Morgan fingerprint density at radius 3 is 2.54 bits per heavy atom. The molecule has 2 amide bonds. The predicted molar refractivity (Wildman–Crippen MR) is 92.2 cm³/mol. The summed E-state index contributed by atoms with van der Waals surface area (Å²) in [5, 5.41) is 5.06. The minimum Gasteiger partial charge on any atom is -0.359 e. The smallest absolute Gasteiger partial charge is 0.292 e. The highest BCUT2D eigenvalue weighted by Crippen LogP contribution is 2.20. The van der Waals surface area contributed by atoms with Crippen LogP contribution in [0.15, 0.2) is 48.9 Å². The molecule has 3 N–H and O–H groups in total. The molecule has 7 nitrogen and oxygen atoms in total. The second kappa shape index (κ2) is 7.56. The zero-order valence-electron chi connectivity index (χ0n) is 13.6. The van der Waals surface area contributed by atoms with Crippen molar-refractivity contribution in [1.82, 2.24) is 20.6 Å². The number of benzene rings is 1. The fraction of sp³-hybridized carbons (Fsp3) is 0.111. The minimum atomic E-state index is -0.879. The number of hydrogen-bond acceptors (Lipinski definition) is 4. The number of aromatic nitrogens is 2. The highest BCUT2D eigenvalue weighted by atomic mass is 19.1. The number of halogens is 1. The van der Waals surface area contributed by atoms with Crippen molar-refractivity contribution in [2.24, 2.45) is 0 Å². The van der Waals surface area contributed by atoms with E-state index in [1.807, 2.05) is 0 Å². The fourth-order valence-electron chi connectivity index (χ4n) is 2.47. The lowest BCUT2D eigenvalue weighted by atomic mass is 10.1. The zero-order chi connectivity index (χ0) is 18.5. The Kier molecular flexibility index (Phi) is 5.02. The molecule has 0 fully saturated rings. The first-order valence-electron chi connectivity index (χ1n) is 7.84. The summed E-state index contributed by atoms with van der Waals surface area (Å²) in [6.45, 7) is 0.217. The summed E-state index contributed by atoms with van der Waals surface area (Å²) in [6, 6.07) is 8.61. The lowest BCUT2D eigenvalue weighted by Crippen LogP contribution is -2.37. The van der Waals surface area contributed by atoms with Gasteiger partial charge in [-0.05, 0) is 12.1 Å². The van der Waals surface area contributed by atoms with Crippen LogP contribution in [0.2, 0.25) is 0 Å². The number of hydrogen-bond donors (Lipinski definition) is 3. The molecule has 0 spiro atoms. The number of H-pyrrole nitrogens is 1. The Bertz CT molecular complexity index is 969. The summed E-state index contributed by atoms with van der Waals surface area (Å²) in [5.74, 6) is -2.71. The average molecular weight is 354 g/mol. The number of Topliss-reactive ketones (excluding diaryl/α,β-unsaturated/α-hetero) is 1. The van der Waals surface area contributed by atoms with E-state index < -0.39 is 17.5 Å². The third kappa shape index (κ3) is 3.59. The molecule has 0 saturated carbocycles. The van der Waals surface area contributed by atoms with Gasteiger partial charge in [0.05, 0.1) is 23.5 Å². The molecule has 0 atom stereocenters. The summed E-state index contributed by atoms with van der Waals surface area (Å²) in [6.07, 6.45) is 3.62. The van der Waals surface area contributed by atoms with Crippen molar-refractivity contribution < 1.29 is 18.8 Å². The van der Waals surface area contributed by atoms with Gasteiger partial charge in [0.15, 0.2) is 5.82 Å². The first kappa shape index (κ1) is 17.3. The van der Waals surface area contributed by atoms with Crippen LogP contribution in [0.1, 0.15) is 20.7 Å². The molecule has 8 heteroatoms. The number of carbonyl (C=O) groups is 3. The molecule has 1 aromatic carbocycles. The van der Waals surface area contributed by atoms with Crippen LogP contribution in [0.5, 0.6) is 0 Å².